The fraction of sp³-hybridized carbons (Fsp3) is 0.385. The second-order valence-corrected chi connectivity index (χ2v) is 8.90. The summed E-state index contributed by atoms with van der Waals surface area (Å²) in [5.74, 6) is -1.23. The van der Waals surface area contributed by atoms with Crippen LogP contribution in [0.3, 0.4) is 0 Å². The third-order valence-electron chi connectivity index (χ3n) is 6.36. The monoisotopic (exact) mass is 514 g/mol. The van der Waals surface area contributed by atoms with E-state index >= 15 is 0 Å². The molecule has 4 N–H and O–H groups in total. The molecule has 0 aliphatic carbocycles. The molecule has 1 fully saturated rings. The van der Waals surface area contributed by atoms with Crippen LogP contribution in [0.2, 0.25) is 0 Å². The minimum Gasteiger partial charge on any atom is -0.475 e. The topological polar surface area (TPSA) is 107 Å². The molecule has 1 aliphatic rings. The van der Waals surface area contributed by atoms with Crippen molar-refractivity contribution in [3.63, 3.8) is 0 Å². The number of anilines is 1. The molecule has 0 spiro atoms. The van der Waals surface area contributed by atoms with E-state index in [-0.39, 0.29) is 18.6 Å². The van der Waals surface area contributed by atoms with Gasteiger partial charge in [0.05, 0.1) is 23.9 Å². The molecule has 37 heavy (non-hydrogen) atoms. The molecule has 11 heteroatoms. The number of methoxy groups -OCH3 is 1. The fourth-order valence-electron chi connectivity index (χ4n) is 4.50. The molecule has 0 radical (unpaired) electrons. The molecule has 0 bridgehead atoms. The maximum absolute atomic E-state index is 14.0. The summed E-state index contributed by atoms with van der Waals surface area (Å²) in [6.45, 7) is 4.68. The molecule has 3 aromatic rings. The number of amides is 2. The van der Waals surface area contributed by atoms with Crippen molar-refractivity contribution < 1.29 is 23.0 Å². The lowest BCUT2D eigenvalue weighted by molar-refractivity contribution is 0.159. The van der Waals surface area contributed by atoms with E-state index in [2.05, 4.69) is 20.6 Å². The van der Waals surface area contributed by atoms with E-state index < -0.39 is 17.7 Å². The number of aromatic nitrogens is 2. The number of ether oxygens (including phenoxy) is 2. The van der Waals surface area contributed by atoms with Crippen LogP contribution in [-0.4, -0.2) is 73.3 Å². The van der Waals surface area contributed by atoms with E-state index in [9.17, 15) is 13.6 Å². The van der Waals surface area contributed by atoms with Gasteiger partial charge in [-0.25, -0.2) is 18.3 Å². The molecule has 4 rings (SSSR count). The van der Waals surface area contributed by atoms with E-state index in [0.29, 0.717) is 55.6 Å². The van der Waals surface area contributed by atoms with Crippen LogP contribution in [0.4, 0.5) is 19.4 Å². The van der Waals surface area contributed by atoms with Gasteiger partial charge >= 0.3 is 6.03 Å². The van der Waals surface area contributed by atoms with Crippen molar-refractivity contribution >= 4 is 11.8 Å². The summed E-state index contributed by atoms with van der Waals surface area (Å²) in [5.41, 5.74) is 7.59. The van der Waals surface area contributed by atoms with Crippen molar-refractivity contribution in [1.29, 1.82) is 0 Å². The molecule has 198 valence electrons. The zero-order valence-corrected chi connectivity index (χ0v) is 20.9. The first-order valence-electron chi connectivity index (χ1n) is 12.1. The van der Waals surface area contributed by atoms with Gasteiger partial charge in [-0.3, -0.25) is 10.2 Å². The molecule has 2 amide bonds. The van der Waals surface area contributed by atoms with Gasteiger partial charge in [-0.2, -0.15) is 0 Å². The largest absolute Gasteiger partial charge is 0.475 e. The standard InChI is InChI=1S/C26H32F2N6O3/c1-17-24(34(19-6-4-3-5-7-19)32-25(17)37-12-10-29)31-26(35)30-23-16-33(11-13-36-2)15-20(23)18-8-9-21(27)22(28)14-18/h3-9,14,20,23H,10-13,15-16,29H2,1-2H3,(H2,30,31,35)/t20-,23-/m0/s1. The predicted molar refractivity (Wildman–Crippen MR) is 136 cm³/mol. The first-order valence-corrected chi connectivity index (χ1v) is 12.1. The summed E-state index contributed by atoms with van der Waals surface area (Å²) in [7, 11) is 1.62. The highest BCUT2D eigenvalue weighted by Crippen LogP contribution is 2.30. The summed E-state index contributed by atoms with van der Waals surface area (Å²) in [6, 6.07) is 12.4. The van der Waals surface area contributed by atoms with E-state index in [1.165, 1.54) is 6.07 Å². The Balaban J connectivity index is 1.56. The quantitative estimate of drug-likeness (QED) is 0.384. The lowest BCUT2D eigenvalue weighted by Gasteiger charge is -2.21. The molecule has 2 aromatic carbocycles. The Hall–Kier alpha value is -3.54. The SMILES string of the molecule is COCCN1C[C@H](NC(=O)Nc2c(C)c(OCCN)nn2-c2ccccc2)[C@H](c2ccc(F)c(F)c2)C1. The maximum atomic E-state index is 14.0. The maximum Gasteiger partial charge on any atom is 0.320 e. The summed E-state index contributed by atoms with van der Waals surface area (Å²) in [5, 5.41) is 10.5. The molecular formula is C26H32F2N6O3. The van der Waals surface area contributed by atoms with Gasteiger partial charge in [0.2, 0.25) is 5.88 Å². The van der Waals surface area contributed by atoms with Crippen molar-refractivity contribution in [2.75, 3.05) is 51.8 Å². The molecule has 1 saturated heterocycles. The normalized spacial score (nSPS) is 17.6. The third-order valence-corrected chi connectivity index (χ3v) is 6.36. The fourth-order valence-corrected chi connectivity index (χ4v) is 4.50. The van der Waals surface area contributed by atoms with Crippen molar-refractivity contribution in [3.8, 4) is 11.6 Å². The lowest BCUT2D eigenvalue weighted by atomic mass is 9.94. The van der Waals surface area contributed by atoms with Crippen LogP contribution in [0.1, 0.15) is 17.0 Å². The summed E-state index contributed by atoms with van der Waals surface area (Å²) in [6.07, 6.45) is 0. The van der Waals surface area contributed by atoms with Gasteiger partial charge in [-0.15, -0.1) is 5.10 Å². The highest BCUT2D eigenvalue weighted by molar-refractivity contribution is 5.90. The smallest absolute Gasteiger partial charge is 0.320 e. The molecule has 9 nitrogen and oxygen atoms in total. The van der Waals surface area contributed by atoms with Gasteiger partial charge in [0, 0.05) is 39.2 Å². The molecule has 0 unspecified atom stereocenters. The second-order valence-electron chi connectivity index (χ2n) is 8.90. The zero-order chi connectivity index (χ0) is 26.4. The number of halogens is 2. The number of urea groups is 1. The van der Waals surface area contributed by atoms with Crippen LogP contribution >= 0.6 is 0 Å². The van der Waals surface area contributed by atoms with Crippen molar-refractivity contribution in [2.45, 2.75) is 18.9 Å². The number of hydrogen-bond acceptors (Lipinski definition) is 6. The Morgan fingerprint density at radius 3 is 2.62 bits per heavy atom. The van der Waals surface area contributed by atoms with Gasteiger partial charge in [-0.05, 0) is 36.8 Å². The number of benzene rings is 2. The van der Waals surface area contributed by atoms with Crippen LogP contribution in [0.25, 0.3) is 5.69 Å². The summed E-state index contributed by atoms with van der Waals surface area (Å²) >= 11 is 0. The van der Waals surface area contributed by atoms with E-state index in [1.807, 2.05) is 30.3 Å². The van der Waals surface area contributed by atoms with Crippen LogP contribution in [0, 0.1) is 18.6 Å². The van der Waals surface area contributed by atoms with Crippen LogP contribution < -0.4 is 21.1 Å². The van der Waals surface area contributed by atoms with Crippen LogP contribution in [-0.2, 0) is 4.74 Å². The van der Waals surface area contributed by atoms with Gasteiger partial charge < -0.3 is 20.5 Å². The highest BCUT2D eigenvalue weighted by atomic mass is 19.2. The van der Waals surface area contributed by atoms with Crippen molar-refractivity contribution in [2.24, 2.45) is 5.73 Å². The number of nitrogens with zero attached hydrogens (tertiary/aromatic N) is 3. The van der Waals surface area contributed by atoms with E-state index in [4.69, 9.17) is 15.2 Å². The molecule has 1 aliphatic heterocycles. The zero-order valence-electron chi connectivity index (χ0n) is 20.9. The second kappa shape index (κ2) is 12.1. The number of carbonyl (C=O) groups is 1. The predicted octanol–water partition coefficient (Wildman–Crippen LogP) is 3.03. The van der Waals surface area contributed by atoms with E-state index in [0.717, 1.165) is 11.8 Å². The molecule has 2 heterocycles. The number of carbonyl (C=O) groups excluding carboxylic acids is 1. The van der Waals surface area contributed by atoms with Gasteiger partial charge in [-0.1, -0.05) is 24.3 Å². The first kappa shape index (κ1) is 26.5. The third kappa shape index (κ3) is 6.24. The minimum absolute atomic E-state index is 0.235. The summed E-state index contributed by atoms with van der Waals surface area (Å²) in [4.78, 5) is 15.4. The summed E-state index contributed by atoms with van der Waals surface area (Å²) < 4.78 is 40.1. The average molecular weight is 515 g/mol. The number of para-hydroxylation sites is 1. The Kier molecular flexibility index (Phi) is 8.70. The number of nitrogens with two attached hydrogens (primary N) is 1. The Labute approximate surface area is 214 Å². The molecule has 2 atom stereocenters. The number of likely N-dealkylation sites (tertiary alicyclic amines) is 1. The van der Waals surface area contributed by atoms with Crippen LogP contribution in [0.15, 0.2) is 48.5 Å². The van der Waals surface area contributed by atoms with Crippen molar-refractivity contribution in [3.05, 3.63) is 71.3 Å². The molecule has 1 aromatic heterocycles. The number of rotatable bonds is 10. The van der Waals surface area contributed by atoms with Gasteiger partial charge in [0.1, 0.15) is 12.4 Å². The Morgan fingerprint density at radius 1 is 1.14 bits per heavy atom. The highest BCUT2D eigenvalue weighted by Gasteiger charge is 2.35. The average Bonchev–Trinajstić information content (AvgIpc) is 3.44. The van der Waals surface area contributed by atoms with Gasteiger partial charge in [0.25, 0.3) is 0 Å². The number of nitrogens with one attached hydrogen (secondary N) is 2. The van der Waals surface area contributed by atoms with Gasteiger partial charge in [0.15, 0.2) is 11.6 Å². The lowest BCUT2D eigenvalue weighted by Crippen LogP contribution is -2.42. The van der Waals surface area contributed by atoms with Crippen LogP contribution in [0.5, 0.6) is 5.88 Å². The minimum atomic E-state index is -0.913. The number of hydrogen-bond donors (Lipinski definition) is 3. The van der Waals surface area contributed by atoms with E-state index in [1.54, 1.807) is 24.8 Å². The molecule has 0 saturated carbocycles. The van der Waals surface area contributed by atoms with Crippen molar-refractivity contribution in [1.82, 2.24) is 20.0 Å². The Morgan fingerprint density at radius 2 is 1.92 bits per heavy atom. The first-order chi connectivity index (χ1) is 17.9. The Bertz CT molecular complexity index is 1210. The molecular weight excluding hydrogens is 482 g/mol.